The number of hydrogen-bond acceptors (Lipinski definition) is 1. The van der Waals surface area contributed by atoms with Gasteiger partial charge in [-0.25, -0.2) is 4.39 Å². The molecule has 1 aromatic carbocycles. The minimum Gasteiger partial charge on any atom is -0.347 e. The molecule has 0 saturated heterocycles. The normalized spacial score (nSPS) is 11.4. The lowest BCUT2D eigenvalue weighted by atomic mass is 10.1. The molecular weight excluding hydrogens is 203 g/mol. The van der Waals surface area contributed by atoms with Crippen molar-refractivity contribution in [2.75, 3.05) is 0 Å². The molecule has 0 aliphatic rings. The second-order valence-corrected chi connectivity index (χ2v) is 3.72. The van der Waals surface area contributed by atoms with E-state index in [1.54, 1.807) is 18.3 Å². The molecule has 1 aromatic heterocycles. The van der Waals surface area contributed by atoms with E-state index in [1.807, 2.05) is 24.6 Å². The van der Waals surface area contributed by atoms with Crippen molar-refractivity contribution < 1.29 is 4.39 Å². The molecule has 0 N–H and O–H groups in total. The third-order valence-corrected chi connectivity index (χ3v) is 2.85. The number of halogens is 1. The van der Waals surface area contributed by atoms with E-state index in [1.165, 1.54) is 6.07 Å². The van der Waals surface area contributed by atoms with Gasteiger partial charge in [-0.2, -0.15) is 0 Å². The number of aromatic nitrogens is 1. The average Bonchev–Trinajstić information content (AvgIpc) is 2.50. The van der Waals surface area contributed by atoms with Gasteiger partial charge in [-0.3, -0.25) is 4.99 Å². The molecule has 16 heavy (non-hydrogen) atoms. The lowest BCUT2D eigenvalue weighted by molar-refractivity contribution is 0.629. The van der Waals surface area contributed by atoms with Gasteiger partial charge in [-0.05, 0) is 37.9 Å². The molecule has 2 aromatic rings. The second kappa shape index (κ2) is 3.93. The van der Waals surface area contributed by atoms with Crippen molar-refractivity contribution >= 4 is 23.7 Å². The zero-order chi connectivity index (χ0) is 11.7. The highest BCUT2D eigenvalue weighted by molar-refractivity contribution is 5.91. The first-order valence-electron chi connectivity index (χ1n) is 5.02. The molecule has 1 heterocycles. The third kappa shape index (κ3) is 1.54. The molecule has 0 amide bonds. The van der Waals surface area contributed by atoms with Crippen LogP contribution in [0.25, 0.3) is 17.0 Å². The number of aliphatic imine (C=N–C) groups is 1. The highest BCUT2D eigenvalue weighted by Crippen LogP contribution is 2.26. The summed E-state index contributed by atoms with van der Waals surface area (Å²) in [6, 6.07) is 4.81. The molecule has 3 heteroatoms. The molecule has 0 saturated carbocycles. The lowest BCUT2D eigenvalue weighted by Crippen LogP contribution is -1.89. The van der Waals surface area contributed by atoms with Crippen molar-refractivity contribution in [2.45, 2.75) is 6.92 Å². The van der Waals surface area contributed by atoms with Crippen LogP contribution in [0.1, 0.15) is 11.3 Å². The first-order valence-corrected chi connectivity index (χ1v) is 5.02. The van der Waals surface area contributed by atoms with Crippen LogP contribution in [-0.4, -0.2) is 11.3 Å². The van der Waals surface area contributed by atoms with Gasteiger partial charge in [-0.1, -0.05) is 0 Å². The van der Waals surface area contributed by atoms with Crippen molar-refractivity contribution in [1.29, 1.82) is 0 Å². The van der Waals surface area contributed by atoms with Gasteiger partial charge in [0.2, 0.25) is 0 Å². The number of nitrogens with zero attached hydrogens (tertiary/aromatic N) is 2. The molecule has 2 nitrogen and oxygen atoms in total. The fourth-order valence-corrected chi connectivity index (χ4v) is 1.91. The van der Waals surface area contributed by atoms with E-state index in [2.05, 4.69) is 11.7 Å². The van der Waals surface area contributed by atoms with E-state index >= 15 is 0 Å². The van der Waals surface area contributed by atoms with Gasteiger partial charge in [0.05, 0.1) is 0 Å². The third-order valence-electron chi connectivity index (χ3n) is 2.85. The summed E-state index contributed by atoms with van der Waals surface area (Å²) in [7, 11) is 1.97. The van der Waals surface area contributed by atoms with Gasteiger partial charge in [0.25, 0.3) is 0 Å². The summed E-state index contributed by atoms with van der Waals surface area (Å²) in [6.45, 7) is 5.39. The van der Waals surface area contributed by atoms with E-state index in [-0.39, 0.29) is 5.82 Å². The predicted molar refractivity (Wildman–Crippen MR) is 66.2 cm³/mol. The maximum absolute atomic E-state index is 13.2. The van der Waals surface area contributed by atoms with E-state index in [9.17, 15) is 4.39 Å². The largest absolute Gasteiger partial charge is 0.347 e. The van der Waals surface area contributed by atoms with Gasteiger partial charge in [0.15, 0.2) is 0 Å². The molecule has 2 rings (SSSR count). The molecule has 0 aliphatic heterocycles. The van der Waals surface area contributed by atoms with Gasteiger partial charge in [-0.15, -0.1) is 0 Å². The van der Waals surface area contributed by atoms with Crippen LogP contribution in [0, 0.1) is 12.7 Å². The molecule has 0 radical (unpaired) electrons. The summed E-state index contributed by atoms with van der Waals surface area (Å²) in [5, 5.41) is 0.903. The van der Waals surface area contributed by atoms with Crippen molar-refractivity contribution in [3.63, 3.8) is 0 Å². The molecule has 82 valence electrons. The Morgan fingerprint density at radius 3 is 2.88 bits per heavy atom. The first kappa shape index (κ1) is 10.6. The molecule has 0 bridgehead atoms. The summed E-state index contributed by atoms with van der Waals surface area (Å²) in [5.41, 5.74) is 3.09. The minimum absolute atomic E-state index is 0.223. The Morgan fingerprint density at radius 2 is 2.19 bits per heavy atom. The zero-order valence-corrected chi connectivity index (χ0v) is 9.37. The topological polar surface area (TPSA) is 17.3 Å². The van der Waals surface area contributed by atoms with Crippen molar-refractivity contribution in [2.24, 2.45) is 12.0 Å². The van der Waals surface area contributed by atoms with Gasteiger partial charge < -0.3 is 4.57 Å². The Labute approximate surface area is 93.7 Å². The predicted octanol–water partition coefficient (Wildman–Crippen LogP) is 3.30. The monoisotopic (exact) mass is 216 g/mol. The Morgan fingerprint density at radius 1 is 1.44 bits per heavy atom. The maximum Gasteiger partial charge on any atom is 0.123 e. The summed E-state index contributed by atoms with van der Waals surface area (Å²) >= 11 is 0. The van der Waals surface area contributed by atoms with Crippen molar-refractivity contribution in [1.82, 2.24) is 4.57 Å². The van der Waals surface area contributed by atoms with E-state index in [4.69, 9.17) is 0 Å². The fraction of sp³-hybridized carbons (Fsp3) is 0.154. The van der Waals surface area contributed by atoms with Gasteiger partial charge in [0, 0.05) is 35.4 Å². The number of hydrogen-bond donors (Lipinski definition) is 0. The summed E-state index contributed by atoms with van der Waals surface area (Å²) in [5.74, 6) is -0.223. The number of rotatable bonds is 2. The van der Waals surface area contributed by atoms with Crippen LogP contribution >= 0.6 is 0 Å². The molecule has 0 atom stereocenters. The van der Waals surface area contributed by atoms with Crippen LogP contribution in [0.2, 0.25) is 0 Å². The number of benzene rings is 1. The van der Waals surface area contributed by atoms with E-state index < -0.39 is 0 Å². The second-order valence-electron chi connectivity index (χ2n) is 3.72. The molecule has 0 fully saturated rings. The molecular formula is C13H13FN2. The average molecular weight is 216 g/mol. The standard InChI is InChI=1S/C13H13FN2/c1-9-11(6-7-15-2)12-8-10(14)4-5-13(12)16(9)3/h4-8H,2H2,1,3H3/b7-6-. The Balaban J connectivity index is 2.80. The highest BCUT2D eigenvalue weighted by atomic mass is 19.1. The van der Waals surface area contributed by atoms with Crippen molar-refractivity contribution in [3.05, 3.63) is 41.5 Å². The number of fused-ring (bicyclic) bond motifs is 1. The van der Waals surface area contributed by atoms with Crippen LogP contribution in [0.4, 0.5) is 4.39 Å². The Kier molecular flexibility index (Phi) is 2.60. The van der Waals surface area contributed by atoms with Crippen LogP contribution < -0.4 is 0 Å². The summed E-state index contributed by atoms with van der Waals surface area (Å²) in [4.78, 5) is 3.68. The SMILES string of the molecule is C=N/C=C\c1c(C)n(C)c2ccc(F)cc12. The number of aryl methyl sites for hydroxylation is 1. The highest BCUT2D eigenvalue weighted by Gasteiger charge is 2.09. The Bertz CT molecular complexity index is 579. The molecule has 0 spiro atoms. The summed E-state index contributed by atoms with van der Waals surface area (Å²) in [6.07, 6.45) is 3.47. The van der Waals surface area contributed by atoms with Gasteiger partial charge in [0.1, 0.15) is 5.82 Å². The van der Waals surface area contributed by atoms with Crippen LogP contribution in [-0.2, 0) is 7.05 Å². The molecule has 0 aliphatic carbocycles. The van der Waals surface area contributed by atoms with E-state index in [0.29, 0.717) is 0 Å². The van der Waals surface area contributed by atoms with Crippen molar-refractivity contribution in [3.8, 4) is 0 Å². The Hall–Kier alpha value is -1.90. The van der Waals surface area contributed by atoms with Crippen LogP contribution in [0.15, 0.2) is 29.4 Å². The quantitative estimate of drug-likeness (QED) is 0.685. The first-order chi connectivity index (χ1) is 7.65. The lowest BCUT2D eigenvalue weighted by Gasteiger charge is -1.97. The zero-order valence-electron chi connectivity index (χ0n) is 9.37. The summed E-state index contributed by atoms with van der Waals surface area (Å²) < 4.78 is 15.2. The van der Waals surface area contributed by atoms with E-state index in [0.717, 1.165) is 22.2 Å². The van der Waals surface area contributed by atoms with Gasteiger partial charge >= 0.3 is 0 Å². The van der Waals surface area contributed by atoms with Crippen LogP contribution in [0.5, 0.6) is 0 Å². The molecule has 0 unspecified atom stereocenters. The minimum atomic E-state index is -0.223. The smallest absolute Gasteiger partial charge is 0.123 e. The maximum atomic E-state index is 13.2. The fourth-order valence-electron chi connectivity index (χ4n) is 1.91. The van der Waals surface area contributed by atoms with Crippen LogP contribution in [0.3, 0.4) is 0 Å².